The van der Waals surface area contributed by atoms with E-state index in [2.05, 4.69) is 90.9 Å². The van der Waals surface area contributed by atoms with Gasteiger partial charge >= 0.3 is 16.4 Å². The van der Waals surface area contributed by atoms with E-state index >= 15 is 0 Å². The van der Waals surface area contributed by atoms with E-state index in [0.29, 0.717) is 13.0 Å². The van der Waals surface area contributed by atoms with Crippen LogP contribution in [0.2, 0.25) is 0 Å². The van der Waals surface area contributed by atoms with Crippen LogP contribution >= 0.6 is 0 Å². The molecule has 1 fully saturated rings. The monoisotopic (exact) mass is 1060 g/mol. The number of aliphatic hydroxyl groups excluding tert-OH is 3. The summed E-state index contributed by atoms with van der Waals surface area (Å²) in [5.74, 6) is -0.416. The van der Waals surface area contributed by atoms with Crippen molar-refractivity contribution in [2.24, 2.45) is 0 Å². The Kier molecular flexibility index (Phi) is 48.2. The van der Waals surface area contributed by atoms with Crippen LogP contribution in [-0.2, 0) is 38.3 Å². The molecule has 1 rings (SSSR count). The molecule has 0 saturated carbocycles. The van der Waals surface area contributed by atoms with Crippen LogP contribution in [0.3, 0.4) is 0 Å². The van der Waals surface area contributed by atoms with Gasteiger partial charge in [-0.2, -0.15) is 8.42 Å². The van der Waals surface area contributed by atoms with E-state index in [1.165, 1.54) is 135 Å². The lowest BCUT2D eigenvalue weighted by Gasteiger charge is -2.41. The number of unbranched alkanes of at least 4 members (excludes halogenated alkanes) is 27. The maximum Gasteiger partial charge on any atom is 0.397 e. The molecule has 4 N–H and O–H groups in total. The molecule has 1 heterocycles. The Morgan fingerprint density at radius 2 is 0.932 bits per heavy atom. The lowest BCUT2D eigenvalue weighted by Crippen LogP contribution is -2.60. The van der Waals surface area contributed by atoms with Crippen LogP contribution in [0.5, 0.6) is 0 Å². The van der Waals surface area contributed by atoms with Gasteiger partial charge in [-0.3, -0.25) is 9.35 Å². The van der Waals surface area contributed by atoms with Gasteiger partial charge in [0.05, 0.1) is 19.8 Å². The first-order chi connectivity index (χ1) is 36.1. The van der Waals surface area contributed by atoms with Crippen LogP contribution in [0.25, 0.3) is 0 Å². The van der Waals surface area contributed by atoms with Crippen LogP contribution in [-0.4, -0.2) is 97.5 Å². The molecule has 0 bridgehead atoms. The van der Waals surface area contributed by atoms with Crippen molar-refractivity contribution in [1.82, 2.24) is 0 Å². The zero-order chi connectivity index (χ0) is 53.8. The highest BCUT2D eigenvalue weighted by Gasteiger charge is 2.48. The van der Waals surface area contributed by atoms with Crippen molar-refractivity contribution < 1.29 is 56.2 Å². The molecule has 12 nitrogen and oxygen atoms in total. The standard InChI is InChI=1S/C61H108O12S/c1-3-5-7-9-11-13-15-17-19-21-23-25-26-27-28-29-31-33-35-37-39-41-43-45-47-49-51-69-53-55(54-70-61-59(65)60(73-74(66,67)68)58(64)56(52-62)72-61)71-57(63)50-48-46-44-42-40-38-36-34-32-30-24-22-20-18-16-14-12-10-8-6-4-2/h6,8,12,14,18,20-21,23-24,30,34,36,55-56,58-62,64-65H,3-5,7,9-11,13,15-17,19,22,25-29,31-33,35,37-54H2,1-2H3,(H,66,67,68)/b8-6-,14-12-,20-18-,23-21-,30-24-,36-34-. The largest absolute Gasteiger partial charge is 0.457 e. The Labute approximate surface area is 451 Å². The van der Waals surface area contributed by atoms with Crippen LogP contribution in [0.15, 0.2) is 72.9 Å². The Balaban J connectivity index is 2.29. The summed E-state index contributed by atoms with van der Waals surface area (Å²) < 4.78 is 59.4. The van der Waals surface area contributed by atoms with E-state index in [1.54, 1.807) is 0 Å². The maximum atomic E-state index is 13.0. The molecule has 74 heavy (non-hydrogen) atoms. The number of carbonyl (C=O) groups excluding carboxylic acids is 1. The summed E-state index contributed by atoms with van der Waals surface area (Å²) in [5.41, 5.74) is 0. The second-order valence-electron chi connectivity index (χ2n) is 20.2. The predicted molar refractivity (Wildman–Crippen MR) is 303 cm³/mol. The summed E-state index contributed by atoms with van der Waals surface area (Å²) in [4.78, 5) is 13.0. The molecule has 13 heteroatoms. The number of allylic oxidation sites excluding steroid dienone is 12. The second kappa shape index (κ2) is 51.3. The highest BCUT2D eigenvalue weighted by atomic mass is 32.3. The molecular formula is C61H108O12S. The molecule has 0 amide bonds. The van der Waals surface area contributed by atoms with Crippen LogP contribution in [0.4, 0.5) is 0 Å². The summed E-state index contributed by atoms with van der Waals surface area (Å²) in [7, 11) is -5.07. The first kappa shape index (κ1) is 69.6. The fourth-order valence-corrected chi connectivity index (χ4v) is 9.38. The zero-order valence-corrected chi connectivity index (χ0v) is 47.5. The minimum absolute atomic E-state index is 0.0259. The lowest BCUT2D eigenvalue weighted by molar-refractivity contribution is -0.301. The molecule has 430 valence electrons. The normalized spacial score (nSPS) is 19.2. The second-order valence-corrected chi connectivity index (χ2v) is 21.3. The maximum absolute atomic E-state index is 13.0. The van der Waals surface area contributed by atoms with E-state index < -0.39 is 59.8 Å². The number of carbonyl (C=O) groups is 1. The van der Waals surface area contributed by atoms with Crippen molar-refractivity contribution >= 4 is 16.4 Å². The molecule has 0 aromatic carbocycles. The summed E-state index contributed by atoms with van der Waals surface area (Å²) in [6.07, 6.45) is 59.4. The number of hydrogen-bond acceptors (Lipinski definition) is 11. The molecule has 6 unspecified atom stereocenters. The van der Waals surface area contributed by atoms with E-state index in [4.69, 9.17) is 18.9 Å². The molecule has 0 aliphatic carbocycles. The third kappa shape index (κ3) is 43.6. The average Bonchev–Trinajstić information content (AvgIpc) is 3.38. The number of aliphatic hydroxyl groups is 3. The smallest absolute Gasteiger partial charge is 0.397 e. The fourth-order valence-electron chi connectivity index (χ4n) is 8.87. The molecule has 0 aromatic heterocycles. The first-order valence-electron chi connectivity index (χ1n) is 29.7. The number of ether oxygens (including phenoxy) is 4. The van der Waals surface area contributed by atoms with Crippen molar-refractivity contribution in [3.63, 3.8) is 0 Å². The van der Waals surface area contributed by atoms with Gasteiger partial charge in [0.15, 0.2) is 6.29 Å². The van der Waals surface area contributed by atoms with Gasteiger partial charge in [0.25, 0.3) is 0 Å². The zero-order valence-electron chi connectivity index (χ0n) is 46.6. The van der Waals surface area contributed by atoms with Crippen molar-refractivity contribution in [3.05, 3.63) is 72.9 Å². The molecule has 0 radical (unpaired) electrons. The van der Waals surface area contributed by atoms with Gasteiger partial charge in [0, 0.05) is 13.0 Å². The summed E-state index contributed by atoms with van der Waals surface area (Å²) >= 11 is 0. The van der Waals surface area contributed by atoms with Gasteiger partial charge in [-0.1, -0.05) is 228 Å². The highest BCUT2D eigenvalue weighted by molar-refractivity contribution is 7.80. The van der Waals surface area contributed by atoms with Crippen LogP contribution in [0.1, 0.15) is 245 Å². The molecule has 1 saturated heterocycles. The number of esters is 1. The van der Waals surface area contributed by atoms with Crippen LogP contribution in [0, 0.1) is 0 Å². The molecule has 1 aliphatic heterocycles. The SMILES string of the molecule is CC/C=C\C/C=C\C/C=C\C/C=C\C/C=C\CCCCCCCC(=O)OC(COCCCCCCCCCCCCCCCC/C=C\CCCCCCCCCC)COC1OC(CO)C(O)C(OS(=O)(=O)O)C1O. The average molecular weight is 1070 g/mol. The fraction of sp³-hybridized carbons (Fsp3) is 0.787. The predicted octanol–water partition coefficient (Wildman–Crippen LogP) is 15.0. The first-order valence-corrected chi connectivity index (χ1v) is 31.1. The Hall–Kier alpha value is -2.46. The third-order valence-electron chi connectivity index (χ3n) is 13.3. The van der Waals surface area contributed by atoms with E-state index in [-0.39, 0.29) is 19.6 Å². The van der Waals surface area contributed by atoms with Gasteiger partial charge < -0.3 is 34.3 Å². The van der Waals surface area contributed by atoms with Gasteiger partial charge in [-0.05, 0) is 83.5 Å². The Bertz CT molecular complexity index is 1560. The Morgan fingerprint density at radius 3 is 1.38 bits per heavy atom. The molecule has 0 spiro atoms. The number of rotatable bonds is 52. The van der Waals surface area contributed by atoms with Crippen LogP contribution < -0.4 is 0 Å². The molecule has 6 atom stereocenters. The van der Waals surface area contributed by atoms with Gasteiger partial charge in [-0.15, -0.1) is 0 Å². The number of hydrogen-bond donors (Lipinski definition) is 4. The third-order valence-corrected chi connectivity index (χ3v) is 13.8. The summed E-state index contributed by atoms with van der Waals surface area (Å²) in [6.45, 7) is 3.88. The van der Waals surface area contributed by atoms with Crippen molar-refractivity contribution in [2.75, 3.05) is 26.4 Å². The molecular weight excluding hydrogens is 957 g/mol. The minimum atomic E-state index is -5.07. The van der Waals surface area contributed by atoms with E-state index in [9.17, 15) is 33.1 Å². The molecule has 0 aromatic rings. The lowest BCUT2D eigenvalue weighted by atomic mass is 9.99. The van der Waals surface area contributed by atoms with Gasteiger partial charge in [0.1, 0.15) is 30.5 Å². The van der Waals surface area contributed by atoms with E-state index in [1.807, 2.05) is 0 Å². The van der Waals surface area contributed by atoms with Crippen molar-refractivity contribution in [3.8, 4) is 0 Å². The summed E-state index contributed by atoms with van der Waals surface area (Å²) in [6, 6.07) is 0. The van der Waals surface area contributed by atoms with Crippen molar-refractivity contribution in [1.29, 1.82) is 0 Å². The van der Waals surface area contributed by atoms with E-state index in [0.717, 1.165) is 83.5 Å². The quantitative estimate of drug-likeness (QED) is 0.0196. The van der Waals surface area contributed by atoms with Gasteiger partial charge in [0.2, 0.25) is 0 Å². The minimum Gasteiger partial charge on any atom is -0.457 e. The summed E-state index contributed by atoms with van der Waals surface area (Å²) in [5, 5.41) is 30.9. The topological polar surface area (TPSA) is 178 Å². The molecule has 1 aliphatic rings. The van der Waals surface area contributed by atoms with Gasteiger partial charge in [-0.25, -0.2) is 4.18 Å². The van der Waals surface area contributed by atoms with Crippen molar-refractivity contribution in [2.45, 2.75) is 282 Å². The highest BCUT2D eigenvalue weighted by Crippen LogP contribution is 2.26. The Morgan fingerprint density at radius 1 is 0.527 bits per heavy atom.